The average Bonchev–Trinajstić information content (AvgIpc) is 2.98. The van der Waals surface area contributed by atoms with Gasteiger partial charge in [0.1, 0.15) is 5.75 Å². The van der Waals surface area contributed by atoms with E-state index in [0.29, 0.717) is 5.92 Å². The van der Waals surface area contributed by atoms with Crippen molar-refractivity contribution in [3.63, 3.8) is 0 Å². The summed E-state index contributed by atoms with van der Waals surface area (Å²) >= 11 is 0. The van der Waals surface area contributed by atoms with Crippen LogP contribution in [0.25, 0.3) is 10.8 Å². The number of rotatable bonds is 4. The van der Waals surface area contributed by atoms with E-state index in [2.05, 4.69) is 55.6 Å². The molecule has 3 rings (SSSR count). The zero-order chi connectivity index (χ0) is 14.9. The molecule has 2 aromatic rings. The Labute approximate surface area is 127 Å². The van der Waals surface area contributed by atoms with Gasteiger partial charge >= 0.3 is 0 Å². The summed E-state index contributed by atoms with van der Waals surface area (Å²) in [5, 5.41) is 6.32. The first kappa shape index (κ1) is 14.4. The van der Waals surface area contributed by atoms with Crippen molar-refractivity contribution in [2.24, 2.45) is 5.92 Å². The molecule has 1 fully saturated rings. The van der Waals surface area contributed by atoms with Gasteiger partial charge in [0.05, 0.1) is 7.11 Å². The first-order valence-corrected chi connectivity index (χ1v) is 7.96. The Bertz CT molecular complexity index is 626. The predicted octanol–water partition coefficient (Wildman–Crippen LogP) is 4.17. The lowest BCUT2D eigenvalue weighted by molar-refractivity contribution is 0.270. The molecule has 1 aliphatic rings. The molecule has 0 aliphatic carbocycles. The monoisotopic (exact) mass is 283 g/mol. The number of nitrogens with one attached hydrogen (secondary N) is 1. The maximum absolute atomic E-state index is 5.51. The van der Waals surface area contributed by atoms with Crippen LogP contribution < -0.4 is 10.1 Å². The van der Waals surface area contributed by atoms with Crippen LogP contribution >= 0.6 is 0 Å². The number of hydrogen-bond donors (Lipinski definition) is 1. The molecule has 2 nitrogen and oxygen atoms in total. The number of benzene rings is 2. The van der Waals surface area contributed by atoms with E-state index in [4.69, 9.17) is 4.74 Å². The van der Waals surface area contributed by atoms with Crippen molar-refractivity contribution >= 4 is 10.8 Å². The first-order valence-electron chi connectivity index (χ1n) is 7.96. The molecule has 1 atom stereocenters. The third-order valence-electron chi connectivity index (χ3n) is 5.08. The Morgan fingerprint density at radius 3 is 2.52 bits per heavy atom. The minimum atomic E-state index is 0.247. The van der Waals surface area contributed by atoms with Crippen LogP contribution in [0.3, 0.4) is 0 Å². The van der Waals surface area contributed by atoms with Crippen LogP contribution in [0.4, 0.5) is 0 Å². The summed E-state index contributed by atoms with van der Waals surface area (Å²) in [6, 6.07) is 12.9. The molecule has 2 aromatic carbocycles. The molecule has 0 amide bonds. The van der Waals surface area contributed by atoms with Crippen LogP contribution in [0.2, 0.25) is 0 Å². The molecule has 0 aromatic heterocycles. The lowest BCUT2D eigenvalue weighted by atomic mass is 9.79. The fourth-order valence-electron chi connectivity index (χ4n) is 3.68. The highest BCUT2D eigenvalue weighted by molar-refractivity contribution is 5.91. The highest BCUT2D eigenvalue weighted by Gasteiger charge is 2.36. The molecule has 2 heteroatoms. The summed E-state index contributed by atoms with van der Waals surface area (Å²) in [6.07, 6.45) is 3.65. The fourth-order valence-corrected chi connectivity index (χ4v) is 3.68. The van der Waals surface area contributed by atoms with Crippen molar-refractivity contribution in [3.8, 4) is 5.75 Å². The molecule has 1 aliphatic heterocycles. The number of ether oxygens (including phenoxy) is 1. The van der Waals surface area contributed by atoms with Gasteiger partial charge in [-0.15, -0.1) is 0 Å². The van der Waals surface area contributed by atoms with Crippen molar-refractivity contribution < 1.29 is 4.74 Å². The molecule has 112 valence electrons. The minimum absolute atomic E-state index is 0.247. The molecular formula is C19H25NO. The van der Waals surface area contributed by atoms with E-state index >= 15 is 0 Å². The molecule has 0 saturated carbocycles. The Balaban J connectivity index is 2.05. The fraction of sp³-hybridized carbons (Fsp3) is 0.474. The van der Waals surface area contributed by atoms with Crippen molar-refractivity contribution in [3.05, 3.63) is 42.0 Å². The molecule has 0 radical (unpaired) electrons. The van der Waals surface area contributed by atoms with E-state index in [1.165, 1.54) is 29.2 Å². The Kier molecular flexibility index (Phi) is 3.90. The summed E-state index contributed by atoms with van der Waals surface area (Å²) in [5.41, 5.74) is 1.67. The van der Waals surface area contributed by atoms with E-state index in [9.17, 15) is 0 Å². The van der Waals surface area contributed by atoms with E-state index in [1.807, 2.05) is 0 Å². The Morgan fingerprint density at radius 2 is 1.90 bits per heavy atom. The molecule has 1 saturated heterocycles. The lowest BCUT2D eigenvalue weighted by Gasteiger charge is -2.34. The van der Waals surface area contributed by atoms with E-state index in [-0.39, 0.29) is 5.54 Å². The molecule has 1 heterocycles. The average molecular weight is 283 g/mol. The third kappa shape index (κ3) is 2.53. The van der Waals surface area contributed by atoms with Gasteiger partial charge < -0.3 is 10.1 Å². The zero-order valence-electron chi connectivity index (χ0n) is 13.3. The van der Waals surface area contributed by atoms with E-state index < -0.39 is 0 Å². The number of methoxy groups -OCH3 is 1. The normalized spacial score (nSPS) is 22.1. The minimum Gasteiger partial charge on any atom is -0.496 e. The van der Waals surface area contributed by atoms with Crippen LogP contribution in [0, 0.1) is 5.92 Å². The van der Waals surface area contributed by atoms with Gasteiger partial charge in [-0.1, -0.05) is 44.2 Å². The van der Waals surface area contributed by atoms with Crippen molar-refractivity contribution in [1.82, 2.24) is 5.32 Å². The van der Waals surface area contributed by atoms with Crippen molar-refractivity contribution in [1.29, 1.82) is 0 Å². The molecule has 0 spiro atoms. The second kappa shape index (κ2) is 5.69. The highest BCUT2D eigenvalue weighted by Crippen LogP contribution is 2.35. The van der Waals surface area contributed by atoms with Gasteiger partial charge in [0, 0.05) is 10.9 Å². The molecule has 1 N–H and O–H groups in total. The standard InChI is InChI=1S/C19H25NO/c1-14(2)19(11-6-12-20-19)13-15-9-10-18(21-3)17-8-5-4-7-16(15)17/h4-5,7-10,14,20H,6,11-13H2,1-3H3. The second-order valence-corrected chi connectivity index (χ2v) is 6.49. The maximum Gasteiger partial charge on any atom is 0.126 e. The smallest absolute Gasteiger partial charge is 0.126 e. The van der Waals surface area contributed by atoms with Crippen LogP contribution in [-0.2, 0) is 6.42 Å². The van der Waals surface area contributed by atoms with Gasteiger partial charge in [0.25, 0.3) is 0 Å². The third-order valence-corrected chi connectivity index (χ3v) is 5.08. The van der Waals surface area contributed by atoms with Crippen LogP contribution in [0.1, 0.15) is 32.3 Å². The lowest BCUT2D eigenvalue weighted by Crippen LogP contribution is -2.46. The first-order chi connectivity index (χ1) is 10.2. The van der Waals surface area contributed by atoms with Gasteiger partial charge in [0.15, 0.2) is 0 Å². The van der Waals surface area contributed by atoms with Crippen LogP contribution in [0.5, 0.6) is 5.75 Å². The molecule has 0 bridgehead atoms. The maximum atomic E-state index is 5.51. The summed E-state index contributed by atoms with van der Waals surface area (Å²) in [7, 11) is 1.75. The molecule has 21 heavy (non-hydrogen) atoms. The molecular weight excluding hydrogens is 258 g/mol. The van der Waals surface area contributed by atoms with Gasteiger partial charge in [0.2, 0.25) is 0 Å². The largest absolute Gasteiger partial charge is 0.496 e. The Hall–Kier alpha value is -1.54. The number of hydrogen-bond acceptors (Lipinski definition) is 2. The number of fused-ring (bicyclic) bond motifs is 1. The molecule has 1 unspecified atom stereocenters. The van der Waals surface area contributed by atoms with Gasteiger partial charge in [-0.3, -0.25) is 0 Å². The predicted molar refractivity (Wildman–Crippen MR) is 89.0 cm³/mol. The zero-order valence-corrected chi connectivity index (χ0v) is 13.3. The topological polar surface area (TPSA) is 21.3 Å². The van der Waals surface area contributed by atoms with Crippen molar-refractivity contribution in [2.45, 2.75) is 38.6 Å². The summed E-state index contributed by atoms with van der Waals surface area (Å²) in [6.45, 7) is 5.82. The highest BCUT2D eigenvalue weighted by atomic mass is 16.5. The van der Waals surface area contributed by atoms with Crippen LogP contribution in [0.15, 0.2) is 36.4 Å². The van der Waals surface area contributed by atoms with E-state index in [1.54, 1.807) is 7.11 Å². The Morgan fingerprint density at radius 1 is 1.14 bits per heavy atom. The quantitative estimate of drug-likeness (QED) is 0.909. The summed E-state index contributed by atoms with van der Waals surface area (Å²) in [5.74, 6) is 1.60. The summed E-state index contributed by atoms with van der Waals surface area (Å²) in [4.78, 5) is 0. The van der Waals surface area contributed by atoms with Gasteiger partial charge in [-0.05, 0) is 48.7 Å². The van der Waals surface area contributed by atoms with E-state index in [0.717, 1.165) is 18.7 Å². The second-order valence-electron chi connectivity index (χ2n) is 6.49. The van der Waals surface area contributed by atoms with Gasteiger partial charge in [-0.25, -0.2) is 0 Å². The van der Waals surface area contributed by atoms with Crippen LogP contribution in [-0.4, -0.2) is 19.2 Å². The van der Waals surface area contributed by atoms with Gasteiger partial charge in [-0.2, -0.15) is 0 Å². The van der Waals surface area contributed by atoms with Crippen molar-refractivity contribution in [2.75, 3.05) is 13.7 Å². The SMILES string of the molecule is COc1ccc(CC2(C(C)C)CCCN2)c2ccccc12. The summed E-state index contributed by atoms with van der Waals surface area (Å²) < 4.78 is 5.51.